The highest BCUT2D eigenvalue weighted by Crippen LogP contribution is 2.22. The van der Waals surface area contributed by atoms with Crippen molar-refractivity contribution in [1.29, 1.82) is 0 Å². The largest absolute Gasteiger partial charge is 0.383 e. The number of nitrogens with two attached hydrogens (primary N) is 1. The van der Waals surface area contributed by atoms with Crippen molar-refractivity contribution in [3.05, 3.63) is 50.7 Å². The van der Waals surface area contributed by atoms with Crippen molar-refractivity contribution in [1.82, 2.24) is 14.3 Å². The van der Waals surface area contributed by atoms with Gasteiger partial charge in [-0.1, -0.05) is 27.2 Å². The number of rotatable bonds is 11. The van der Waals surface area contributed by atoms with Gasteiger partial charge < -0.3 is 10.6 Å². The molecule has 0 fully saturated rings. The van der Waals surface area contributed by atoms with Gasteiger partial charge >= 0.3 is 5.69 Å². The molecule has 0 radical (unpaired) electrons. The molecule has 0 aliphatic rings. The van der Waals surface area contributed by atoms with Crippen LogP contribution in [0.5, 0.6) is 0 Å². The zero-order valence-corrected chi connectivity index (χ0v) is 21.2. The van der Waals surface area contributed by atoms with Gasteiger partial charge in [0.05, 0.1) is 4.90 Å². The third kappa shape index (κ3) is 6.57. The third-order valence-corrected chi connectivity index (χ3v) is 6.87. The Balaban J connectivity index is 2.53. The number of nitrogens with zero attached hydrogens (tertiary/aromatic N) is 2. The smallest absolute Gasteiger partial charge is 0.330 e. The number of sulfonamides is 1. The predicted octanol–water partition coefficient (Wildman–Crippen LogP) is 2.30. The first-order chi connectivity index (χ1) is 15.9. The summed E-state index contributed by atoms with van der Waals surface area (Å²) in [6, 6.07) is 5.20. The van der Waals surface area contributed by atoms with Crippen LogP contribution < -0.4 is 26.6 Å². The number of nitrogens with one attached hydrogen (secondary N) is 2. The average molecular weight is 494 g/mol. The maximum atomic E-state index is 13.5. The van der Waals surface area contributed by atoms with Crippen molar-refractivity contribution < 1.29 is 13.2 Å². The van der Waals surface area contributed by atoms with Crippen LogP contribution in [0.15, 0.2) is 38.8 Å². The molecule has 0 saturated heterocycles. The van der Waals surface area contributed by atoms with E-state index in [1.807, 2.05) is 20.8 Å². The summed E-state index contributed by atoms with van der Waals surface area (Å²) in [4.78, 5) is 42.1. The highest BCUT2D eigenvalue weighted by atomic mass is 32.2. The number of nitrogen functional groups attached to an aromatic ring is 1. The summed E-state index contributed by atoms with van der Waals surface area (Å²) in [6.45, 7) is 9.87. The molecule has 0 bridgehead atoms. The number of anilines is 2. The maximum Gasteiger partial charge on any atom is 0.330 e. The van der Waals surface area contributed by atoms with E-state index in [2.05, 4.69) is 9.71 Å². The molecule has 0 saturated carbocycles. The van der Waals surface area contributed by atoms with Crippen LogP contribution in [0.2, 0.25) is 0 Å². The lowest BCUT2D eigenvalue weighted by molar-refractivity contribution is 0.0985. The second kappa shape index (κ2) is 11.5. The van der Waals surface area contributed by atoms with E-state index in [9.17, 15) is 22.8 Å². The fourth-order valence-electron chi connectivity index (χ4n) is 3.39. The minimum absolute atomic E-state index is 0.0250. The van der Waals surface area contributed by atoms with Crippen molar-refractivity contribution in [2.24, 2.45) is 5.92 Å². The molecule has 1 aromatic carbocycles. The van der Waals surface area contributed by atoms with E-state index in [1.54, 1.807) is 13.8 Å². The van der Waals surface area contributed by atoms with E-state index in [4.69, 9.17) is 5.73 Å². The number of benzene rings is 1. The van der Waals surface area contributed by atoms with Gasteiger partial charge in [0.1, 0.15) is 5.82 Å². The number of aromatic amines is 1. The van der Waals surface area contributed by atoms with Crippen molar-refractivity contribution >= 4 is 27.4 Å². The molecule has 0 aliphatic heterocycles. The van der Waals surface area contributed by atoms with Gasteiger partial charge in [-0.3, -0.25) is 19.1 Å². The van der Waals surface area contributed by atoms with Crippen LogP contribution in [0.3, 0.4) is 0 Å². The monoisotopic (exact) mass is 493 g/mol. The molecular weight excluding hydrogens is 458 g/mol. The van der Waals surface area contributed by atoms with Gasteiger partial charge in [-0.05, 0) is 56.9 Å². The number of carbonyl (C=O) groups excluding carboxylic acids is 1. The lowest BCUT2D eigenvalue weighted by Crippen LogP contribution is -2.42. The van der Waals surface area contributed by atoms with Gasteiger partial charge in [0.2, 0.25) is 10.0 Å². The van der Waals surface area contributed by atoms with E-state index >= 15 is 0 Å². The summed E-state index contributed by atoms with van der Waals surface area (Å²) in [5, 5.41) is 0. The second-order valence-electron chi connectivity index (χ2n) is 8.94. The Bertz CT molecular complexity index is 1210. The van der Waals surface area contributed by atoms with E-state index in [0.29, 0.717) is 19.4 Å². The first-order valence-corrected chi connectivity index (χ1v) is 12.9. The second-order valence-corrected chi connectivity index (χ2v) is 10.7. The molecule has 2 aromatic rings. The van der Waals surface area contributed by atoms with Gasteiger partial charge in [-0.25, -0.2) is 17.9 Å². The Hall–Kier alpha value is -2.92. The molecular formula is C23H35N5O5S. The van der Waals surface area contributed by atoms with E-state index in [0.717, 1.165) is 6.42 Å². The fourth-order valence-corrected chi connectivity index (χ4v) is 4.64. The van der Waals surface area contributed by atoms with Crippen LogP contribution >= 0.6 is 0 Å². The number of hydrogen-bond donors (Lipinski definition) is 3. The number of H-pyrrole nitrogens is 1. The van der Waals surface area contributed by atoms with Gasteiger partial charge in [-0.15, -0.1) is 0 Å². The lowest BCUT2D eigenvalue weighted by atomic mass is 10.1. The molecule has 0 unspecified atom stereocenters. The summed E-state index contributed by atoms with van der Waals surface area (Å²) in [5.41, 5.74) is 4.98. The van der Waals surface area contributed by atoms with Gasteiger partial charge in [0.25, 0.3) is 11.5 Å². The van der Waals surface area contributed by atoms with E-state index < -0.39 is 27.2 Å². The van der Waals surface area contributed by atoms with Crippen molar-refractivity contribution in [3.63, 3.8) is 0 Å². The lowest BCUT2D eigenvalue weighted by Gasteiger charge is -2.25. The van der Waals surface area contributed by atoms with E-state index in [-0.39, 0.29) is 40.5 Å². The highest BCUT2D eigenvalue weighted by molar-refractivity contribution is 7.89. The van der Waals surface area contributed by atoms with Crippen LogP contribution in [0.4, 0.5) is 11.5 Å². The third-order valence-electron chi connectivity index (χ3n) is 5.20. The van der Waals surface area contributed by atoms with Gasteiger partial charge in [0.15, 0.2) is 5.69 Å². The number of carbonyl (C=O) groups is 1. The summed E-state index contributed by atoms with van der Waals surface area (Å²) in [5.74, 6) is -0.352. The maximum absolute atomic E-state index is 13.5. The van der Waals surface area contributed by atoms with Crippen LogP contribution in [-0.2, 0) is 16.6 Å². The summed E-state index contributed by atoms with van der Waals surface area (Å²) < 4.78 is 28.6. The van der Waals surface area contributed by atoms with Crippen molar-refractivity contribution in [2.75, 3.05) is 17.2 Å². The SMILES string of the molecule is CCCCn1c(N)c(N(CCC(C)C)C(=O)c2ccc(S(=O)(=O)NC(C)C)cc2)c(=O)[nH]c1=O. The highest BCUT2D eigenvalue weighted by Gasteiger charge is 2.26. The molecule has 0 atom stereocenters. The Kier molecular flexibility index (Phi) is 9.22. The standard InChI is InChI=1S/C23H35N5O5S/c1-6-7-13-28-20(24)19(21(29)25-23(28)31)27(14-12-15(2)3)22(30)17-8-10-18(11-9-17)34(32,33)26-16(4)5/h8-11,15-16,26H,6-7,12-14,24H2,1-5H3,(H,25,29,31). The molecule has 2 rings (SSSR count). The number of hydrogen-bond acceptors (Lipinski definition) is 6. The Labute approximate surface area is 200 Å². The number of amides is 1. The Morgan fingerprint density at radius 2 is 1.76 bits per heavy atom. The molecule has 1 aromatic heterocycles. The molecule has 11 heteroatoms. The molecule has 0 spiro atoms. The molecule has 1 heterocycles. The minimum atomic E-state index is -3.72. The van der Waals surface area contributed by atoms with Crippen LogP contribution in [-0.4, -0.2) is 36.5 Å². The summed E-state index contributed by atoms with van der Waals surface area (Å²) in [6.07, 6.45) is 2.08. The predicted molar refractivity (Wildman–Crippen MR) is 134 cm³/mol. The quantitative estimate of drug-likeness (QED) is 0.437. The van der Waals surface area contributed by atoms with Gasteiger partial charge in [0, 0.05) is 24.7 Å². The fraction of sp³-hybridized carbons (Fsp3) is 0.522. The van der Waals surface area contributed by atoms with Crippen LogP contribution in [0.1, 0.15) is 64.2 Å². The zero-order valence-electron chi connectivity index (χ0n) is 20.4. The molecule has 4 N–H and O–H groups in total. The minimum Gasteiger partial charge on any atom is -0.383 e. The van der Waals surface area contributed by atoms with Crippen LogP contribution in [0, 0.1) is 5.92 Å². The average Bonchev–Trinajstić information content (AvgIpc) is 2.74. The molecule has 0 aliphatic carbocycles. The Morgan fingerprint density at radius 1 is 1.15 bits per heavy atom. The molecule has 34 heavy (non-hydrogen) atoms. The zero-order chi connectivity index (χ0) is 25.6. The van der Waals surface area contributed by atoms with Crippen molar-refractivity contribution in [2.45, 2.75) is 71.4 Å². The van der Waals surface area contributed by atoms with Gasteiger partial charge in [-0.2, -0.15) is 0 Å². The van der Waals surface area contributed by atoms with E-state index in [1.165, 1.54) is 33.7 Å². The number of aromatic nitrogens is 2. The molecule has 1 amide bonds. The normalized spacial score (nSPS) is 11.9. The molecule has 10 nitrogen and oxygen atoms in total. The molecule has 188 valence electrons. The topological polar surface area (TPSA) is 147 Å². The Morgan fingerprint density at radius 3 is 2.29 bits per heavy atom. The first kappa shape index (κ1) is 27.3. The summed E-state index contributed by atoms with van der Waals surface area (Å²) >= 11 is 0. The van der Waals surface area contributed by atoms with Crippen molar-refractivity contribution in [3.8, 4) is 0 Å². The summed E-state index contributed by atoms with van der Waals surface area (Å²) in [7, 11) is -3.72. The number of unbranched alkanes of at least 4 members (excludes halogenated alkanes) is 1. The van der Waals surface area contributed by atoms with Crippen LogP contribution in [0.25, 0.3) is 0 Å². The first-order valence-electron chi connectivity index (χ1n) is 11.5.